The van der Waals surface area contributed by atoms with E-state index in [-0.39, 0.29) is 17.4 Å². The third kappa shape index (κ3) is 33.0. The van der Waals surface area contributed by atoms with Crippen LogP contribution in [0, 0.1) is 26.6 Å². The van der Waals surface area contributed by atoms with E-state index in [2.05, 4.69) is 139 Å². The quantitative estimate of drug-likeness (QED) is 0.313. The van der Waals surface area contributed by atoms with Gasteiger partial charge in [-0.15, -0.1) is 0 Å². The van der Waals surface area contributed by atoms with Crippen molar-refractivity contribution < 1.29 is 36.0 Å². The number of nitrogens with zero attached hydrogens (tertiary/aromatic N) is 6. The van der Waals surface area contributed by atoms with Gasteiger partial charge < -0.3 is 0 Å². The summed E-state index contributed by atoms with van der Waals surface area (Å²) in [6, 6.07) is 0. The second-order valence-electron chi connectivity index (χ2n) is 5.97. The second-order valence-corrected chi connectivity index (χ2v) is 12.5. The summed E-state index contributed by atoms with van der Waals surface area (Å²) >= 11 is 0. The van der Waals surface area contributed by atoms with Crippen LogP contribution in [0.3, 0.4) is 0 Å². The molecule has 0 rings (SSSR count). The van der Waals surface area contributed by atoms with E-state index in [0.29, 0.717) is 0 Å². The Labute approximate surface area is 192 Å². The number of hydrogen-bond donors (Lipinski definition) is 0. The van der Waals surface area contributed by atoms with Gasteiger partial charge in [0.1, 0.15) is 0 Å². The van der Waals surface area contributed by atoms with Crippen LogP contribution in [0.4, 0.5) is 0 Å². The van der Waals surface area contributed by atoms with Crippen molar-refractivity contribution in [1.82, 2.24) is 28.0 Å². The third-order valence-electron chi connectivity index (χ3n) is 2.40. The van der Waals surface area contributed by atoms with E-state index >= 15 is 0 Å². The van der Waals surface area contributed by atoms with Gasteiger partial charge in [-0.05, 0) is 0 Å². The summed E-state index contributed by atoms with van der Waals surface area (Å²) in [7, 11) is 24.2. The third-order valence-corrected chi connectivity index (χ3v) is 7.20. The summed E-state index contributed by atoms with van der Waals surface area (Å²) in [4.78, 5) is 0. The van der Waals surface area contributed by atoms with Crippen molar-refractivity contribution in [3.63, 3.8) is 0 Å². The number of hydrogen-bond acceptors (Lipinski definition) is 6. The molecule has 0 atom stereocenters. The number of rotatable bonds is 6. The Morgan fingerprint density at radius 1 is 0.345 bits per heavy atom. The molecule has 0 heterocycles. The molecule has 0 aliphatic carbocycles. The summed E-state index contributed by atoms with van der Waals surface area (Å²) < 4.78 is 43.6. The fourth-order valence-electron chi connectivity index (χ4n) is 2.40. The zero-order chi connectivity index (χ0) is 24.6. The molecule has 0 N–H and O–H groups in total. The van der Waals surface area contributed by atoms with Crippen LogP contribution in [-0.4, -0.2) is 113 Å². The fraction of sp³-hybridized carbons (Fsp3) is 0.750. The van der Waals surface area contributed by atoms with Gasteiger partial charge in [0.15, 0.2) is 0 Å². The Morgan fingerprint density at radius 3 is 0.414 bits per heavy atom. The summed E-state index contributed by atoms with van der Waals surface area (Å²) in [6.07, 6.45) is 0. The van der Waals surface area contributed by atoms with Crippen LogP contribution < -0.4 is 0 Å². The van der Waals surface area contributed by atoms with E-state index in [4.69, 9.17) is 18.6 Å². The molecule has 0 saturated carbocycles. The van der Waals surface area contributed by atoms with Crippen LogP contribution >= 0.6 is 16.7 Å². The first-order chi connectivity index (χ1) is 12.9. The molecule has 0 spiro atoms. The first-order valence-electron chi connectivity index (χ1n) is 7.52. The molecular weight excluding hydrogens is 454 g/mol. The average Bonchev–Trinajstić information content (AvgIpc) is 2.60. The van der Waals surface area contributed by atoms with E-state index < -0.39 is 16.7 Å². The van der Waals surface area contributed by atoms with Gasteiger partial charge in [0.2, 0.25) is 16.7 Å². The van der Waals surface area contributed by atoms with Crippen LogP contribution in [-0.2, 0) is 36.0 Å². The molecule has 0 amide bonds. The Morgan fingerprint density at radius 2 is 0.414 bits per heavy atom. The monoisotopic (exact) mass is 492 g/mol. The van der Waals surface area contributed by atoms with Crippen LogP contribution in [0.5, 0.6) is 0 Å². The van der Waals surface area contributed by atoms with Crippen molar-refractivity contribution in [1.29, 1.82) is 0 Å². The van der Waals surface area contributed by atoms with Crippen LogP contribution in [0.15, 0.2) is 0 Å². The molecule has 13 heteroatoms. The predicted molar refractivity (Wildman–Crippen MR) is 114 cm³/mol. The van der Waals surface area contributed by atoms with Gasteiger partial charge in [-0.2, -0.15) is 28.0 Å². The van der Waals surface area contributed by atoms with Crippen molar-refractivity contribution in [3.8, 4) is 0 Å². The van der Waals surface area contributed by atoms with Gasteiger partial charge in [0.25, 0.3) is 0 Å². The SMILES string of the molecule is CN(C)[PH+](N(C)C)N(C)C.CN(C)[PH+](N(C)C)N(C)C.[C-]#[O+].[C-]#[O+].[C-]#[O+].[C-]#[O+].[Cr]. The normalized spacial score (nSPS) is 8.97. The van der Waals surface area contributed by atoms with Gasteiger partial charge in [-0.1, -0.05) is 0 Å². The molecule has 0 aliphatic heterocycles. The molecule has 0 aromatic heterocycles. The van der Waals surface area contributed by atoms with Gasteiger partial charge in [-0.25, -0.2) is 0 Å². The molecule has 0 aromatic carbocycles. The van der Waals surface area contributed by atoms with Gasteiger partial charge in [0, 0.05) is 102 Å². The average molecular weight is 492 g/mol. The zero-order valence-electron chi connectivity index (χ0n) is 19.7. The molecule has 0 aliphatic rings. The molecular formula is C16H38CrN6O4P2+2. The smallest absolute Gasteiger partial charge is 0 e. The Bertz CT molecular complexity index is 307. The van der Waals surface area contributed by atoms with E-state index in [1.807, 2.05) is 0 Å². The van der Waals surface area contributed by atoms with E-state index in [0.717, 1.165) is 0 Å². The molecule has 0 unspecified atom stereocenters. The first kappa shape index (κ1) is 47.1. The van der Waals surface area contributed by atoms with Crippen molar-refractivity contribution in [3.05, 3.63) is 26.6 Å². The molecule has 0 radical (unpaired) electrons. The van der Waals surface area contributed by atoms with Crippen molar-refractivity contribution in [2.45, 2.75) is 0 Å². The Balaban J connectivity index is -0.0000000482. The second kappa shape index (κ2) is 35.5. The van der Waals surface area contributed by atoms with E-state index in [1.165, 1.54) is 0 Å². The van der Waals surface area contributed by atoms with Crippen LogP contribution in [0.25, 0.3) is 0 Å². The zero-order valence-corrected chi connectivity index (χ0v) is 23.0. The summed E-state index contributed by atoms with van der Waals surface area (Å²) in [5, 5.41) is 0. The topological polar surface area (TPSA) is 99.0 Å². The summed E-state index contributed by atoms with van der Waals surface area (Å²) in [5.41, 5.74) is 0. The minimum absolute atomic E-state index is 0. The molecule has 0 aromatic rings. The molecule has 10 nitrogen and oxygen atoms in total. The van der Waals surface area contributed by atoms with Crippen molar-refractivity contribution in [2.24, 2.45) is 0 Å². The molecule has 170 valence electrons. The minimum Gasteiger partial charge on any atom is 0 e. The van der Waals surface area contributed by atoms with Gasteiger partial charge in [-0.3, -0.25) is 0 Å². The maximum absolute atomic E-state index is 7.50. The summed E-state index contributed by atoms with van der Waals surface area (Å²) in [6.45, 7) is 18.0. The standard InChI is InChI=1S/2C6H18N3P.4CO.Cr/c2*1-7(2)10(8(3)4)9(5)6;4*1-2;/h2*1-6H3;;;;;/p+2. The van der Waals surface area contributed by atoms with Crippen molar-refractivity contribution in [2.75, 3.05) is 84.6 Å². The molecule has 0 saturated heterocycles. The maximum atomic E-state index is 7.50. The Kier molecular flexibility index (Phi) is 57.7. The maximum Gasteiger partial charge on any atom is 0 e. The fourth-order valence-corrected chi connectivity index (χ4v) is 7.20. The largest absolute Gasteiger partial charge is 0 e. The first-order valence-corrected chi connectivity index (χ1v) is 10.2. The summed E-state index contributed by atoms with van der Waals surface area (Å²) in [5.74, 6) is 0. The predicted octanol–water partition coefficient (Wildman–Crippen LogP) is 1.11. The van der Waals surface area contributed by atoms with Gasteiger partial charge >= 0.3 is 45.2 Å². The van der Waals surface area contributed by atoms with E-state index in [1.54, 1.807) is 0 Å². The van der Waals surface area contributed by atoms with E-state index in [9.17, 15) is 0 Å². The van der Waals surface area contributed by atoms with Gasteiger partial charge in [0.05, 0.1) is 0 Å². The molecule has 0 bridgehead atoms. The van der Waals surface area contributed by atoms with Crippen LogP contribution in [0.2, 0.25) is 0 Å². The van der Waals surface area contributed by atoms with Crippen LogP contribution in [0.1, 0.15) is 0 Å². The molecule has 29 heavy (non-hydrogen) atoms. The minimum atomic E-state index is -0.596. The van der Waals surface area contributed by atoms with Crippen molar-refractivity contribution >= 4 is 16.7 Å². The Hall–Kier alpha value is 0.112. The molecule has 0 fully saturated rings.